The van der Waals surface area contributed by atoms with Crippen LogP contribution >= 0.6 is 0 Å². The molecular formula is C20H19N3O5. The molecule has 2 heterocycles. The van der Waals surface area contributed by atoms with E-state index >= 15 is 0 Å². The number of rotatable bonds is 7. The highest BCUT2D eigenvalue weighted by molar-refractivity contribution is 5.99. The molecule has 0 radical (unpaired) electrons. The van der Waals surface area contributed by atoms with Gasteiger partial charge in [0.1, 0.15) is 12.2 Å². The van der Waals surface area contributed by atoms with E-state index in [0.717, 1.165) is 15.6 Å². The summed E-state index contributed by atoms with van der Waals surface area (Å²) in [5.74, 6) is -1.65. The number of benzene rings is 1. The third-order valence-corrected chi connectivity index (χ3v) is 3.95. The maximum Gasteiger partial charge on any atom is 0.358 e. The van der Waals surface area contributed by atoms with E-state index in [1.807, 2.05) is 24.3 Å². The quantitative estimate of drug-likeness (QED) is 0.458. The number of carbonyl (C=O) groups is 3. The summed E-state index contributed by atoms with van der Waals surface area (Å²) in [7, 11) is 0. The molecule has 0 bridgehead atoms. The van der Waals surface area contributed by atoms with Crippen molar-refractivity contribution in [1.82, 2.24) is 14.8 Å². The highest BCUT2D eigenvalue weighted by Gasteiger charge is 2.22. The van der Waals surface area contributed by atoms with Crippen molar-refractivity contribution in [2.24, 2.45) is 0 Å². The molecule has 0 spiro atoms. The minimum atomic E-state index is -0.674. The number of nitrogens with zero attached hydrogens (tertiary/aromatic N) is 3. The van der Waals surface area contributed by atoms with Crippen LogP contribution in [-0.4, -0.2) is 45.7 Å². The Morgan fingerprint density at radius 1 is 1.00 bits per heavy atom. The van der Waals surface area contributed by atoms with Gasteiger partial charge in [0, 0.05) is 23.2 Å². The number of ether oxygens (including phenoxy) is 2. The lowest BCUT2D eigenvalue weighted by Crippen LogP contribution is -2.18. The summed E-state index contributed by atoms with van der Waals surface area (Å²) < 4.78 is 11.1. The van der Waals surface area contributed by atoms with Crippen LogP contribution in [0.15, 0.2) is 42.6 Å². The first-order valence-electron chi connectivity index (χ1n) is 8.83. The van der Waals surface area contributed by atoms with Crippen molar-refractivity contribution in [3.05, 3.63) is 59.5 Å². The molecule has 8 heteroatoms. The molecule has 0 fully saturated rings. The Kier molecular flexibility index (Phi) is 5.78. The third-order valence-electron chi connectivity index (χ3n) is 3.95. The fourth-order valence-corrected chi connectivity index (χ4v) is 2.66. The van der Waals surface area contributed by atoms with Crippen LogP contribution in [0.3, 0.4) is 0 Å². The first kappa shape index (κ1) is 19.2. The van der Waals surface area contributed by atoms with E-state index in [1.54, 1.807) is 19.9 Å². The number of fused-ring (bicyclic) bond motifs is 1. The molecule has 0 saturated heterocycles. The molecule has 8 nitrogen and oxygen atoms in total. The summed E-state index contributed by atoms with van der Waals surface area (Å²) >= 11 is 0. The van der Waals surface area contributed by atoms with Crippen LogP contribution in [0.2, 0.25) is 0 Å². The predicted molar refractivity (Wildman–Crippen MR) is 100 cm³/mol. The average Bonchev–Trinajstić information content (AvgIpc) is 3.12. The zero-order chi connectivity index (χ0) is 20.1. The van der Waals surface area contributed by atoms with Gasteiger partial charge < -0.3 is 9.47 Å². The van der Waals surface area contributed by atoms with E-state index in [2.05, 4.69) is 10.1 Å². The molecule has 144 valence electrons. The number of Topliss-reactive ketones (excluding diaryl/α,β-unsaturated/α-hetero) is 1. The van der Waals surface area contributed by atoms with Crippen LogP contribution in [0.25, 0.3) is 10.9 Å². The number of esters is 2. The van der Waals surface area contributed by atoms with E-state index in [1.165, 1.54) is 12.3 Å². The molecule has 1 aromatic carbocycles. The summed E-state index contributed by atoms with van der Waals surface area (Å²) in [6.45, 7) is 3.41. The molecule has 0 aliphatic carbocycles. The van der Waals surface area contributed by atoms with Gasteiger partial charge in [-0.15, -0.1) is 0 Å². The van der Waals surface area contributed by atoms with Crippen molar-refractivity contribution in [2.75, 3.05) is 13.2 Å². The van der Waals surface area contributed by atoms with Gasteiger partial charge >= 0.3 is 11.9 Å². The van der Waals surface area contributed by atoms with Crippen molar-refractivity contribution in [3.8, 4) is 0 Å². The van der Waals surface area contributed by atoms with Crippen LogP contribution in [0.5, 0.6) is 0 Å². The van der Waals surface area contributed by atoms with Gasteiger partial charge in [-0.3, -0.25) is 9.78 Å². The lowest BCUT2D eigenvalue weighted by molar-refractivity contribution is 0.0505. The molecule has 0 amide bonds. The summed E-state index contributed by atoms with van der Waals surface area (Å²) in [5.41, 5.74) is 1.10. The normalized spacial score (nSPS) is 10.6. The standard InChI is InChI=1S/C20H19N3O5/c1-3-27-19(25)16-10-17(20(26)28-4-2)23(22-16)12-18(24)14-9-13-7-5-6-8-15(13)21-11-14/h5-11H,3-4,12H2,1-2H3. The largest absolute Gasteiger partial charge is 0.461 e. The zero-order valence-corrected chi connectivity index (χ0v) is 15.5. The highest BCUT2D eigenvalue weighted by Crippen LogP contribution is 2.15. The summed E-state index contributed by atoms with van der Waals surface area (Å²) in [6, 6.07) is 10.4. The van der Waals surface area contributed by atoms with Crippen molar-refractivity contribution in [1.29, 1.82) is 0 Å². The van der Waals surface area contributed by atoms with Crippen molar-refractivity contribution < 1.29 is 23.9 Å². The van der Waals surface area contributed by atoms with Gasteiger partial charge in [-0.05, 0) is 26.0 Å². The predicted octanol–water partition coefficient (Wildman–Crippen LogP) is 2.67. The fraction of sp³-hybridized carbons (Fsp3) is 0.250. The second kappa shape index (κ2) is 8.43. The molecular weight excluding hydrogens is 362 g/mol. The Morgan fingerprint density at radius 3 is 2.46 bits per heavy atom. The molecule has 3 rings (SSSR count). The number of para-hydroxylation sites is 1. The maximum atomic E-state index is 12.7. The van der Waals surface area contributed by atoms with E-state index in [4.69, 9.17) is 9.47 Å². The number of pyridine rings is 1. The second-order valence-electron chi connectivity index (χ2n) is 5.85. The molecule has 0 N–H and O–H groups in total. The van der Waals surface area contributed by atoms with E-state index in [0.29, 0.717) is 5.56 Å². The van der Waals surface area contributed by atoms with E-state index in [-0.39, 0.29) is 36.9 Å². The van der Waals surface area contributed by atoms with E-state index < -0.39 is 11.9 Å². The van der Waals surface area contributed by atoms with Gasteiger partial charge in [0.25, 0.3) is 0 Å². The van der Waals surface area contributed by atoms with Gasteiger partial charge in [-0.2, -0.15) is 5.10 Å². The first-order chi connectivity index (χ1) is 13.5. The number of aromatic nitrogens is 3. The Morgan fingerprint density at radius 2 is 1.71 bits per heavy atom. The zero-order valence-electron chi connectivity index (χ0n) is 15.5. The fourth-order valence-electron chi connectivity index (χ4n) is 2.66. The number of ketones is 1. The SMILES string of the molecule is CCOC(=O)c1cc(C(=O)OCC)n(CC(=O)c2cnc3ccccc3c2)n1. The Hall–Kier alpha value is -3.55. The molecule has 0 saturated carbocycles. The number of hydrogen-bond donors (Lipinski definition) is 0. The van der Waals surface area contributed by atoms with Crippen molar-refractivity contribution >= 4 is 28.6 Å². The van der Waals surface area contributed by atoms with Gasteiger partial charge in [-0.25, -0.2) is 14.3 Å². The van der Waals surface area contributed by atoms with Crippen LogP contribution in [0.4, 0.5) is 0 Å². The Labute approximate surface area is 161 Å². The first-order valence-corrected chi connectivity index (χ1v) is 8.83. The van der Waals surface area contributed by atoms with Crippen molar-refractivity contribution in [2.45, 2.75) is 20.4 Å². The topological polar surface area (TPSA) is 100 Å². The van der Waals surface area contributed by atoms with Crippen molar-refractivity contribution in [3.63, 3.8) is 0 Å². The molecule has 0 aliphatic rings. The van der Waals surface area contributed by atoms with Gasteiger partial charge in [0.2, 0.25) is 0 Å². The summed E-state index contributed by atoms with van der Waals surface area (Å²) in [4.78, 5) is 41.1. The molecule has 2 aromatic heterocycles. The molecule has 0 atom stereocenters. The lowest BCUT2D eigenvalue weighted by Gasteiger charge is -2.07. The second-order valence-corrected chi connectivity index (χ2v) is 5.85. The third kappa shape index (κ3) is 4.06. The van der Waals surface area contributed by atoms with Gasteiger partial charge in [-0.1, -0.05) is 18.2 Å². The maximum absolute atomic E-state index is 12.7. The molecule has 0 aliphatic heterocycles. The Balaban J connectivity index is 1.91. The smallest absolute Gasteiger partial charge is 0.358 e. The summed E-state index contributed by atoms with van der Waals surface area (Å²) in [5, 5.41) is 4.89. The van der Waals surface area contributed by atoms with E-state index in [9.17, 15) is 14.4 Å². The minimum Gasteiger partial charge on any atom is -0.461 e. The number of carbonyl (C=O) groups excluding carboxylic acids is 3. The minimum absolute atomic E-state index is 0.00648. The molecule has 28 heavy (non-hydrogen) atoms. The van der Waals surface area contributed by atoms with Crippen LogP contribution in [-0.2, 0) is 16.0 Å². The van der Waals surface area contributed by atoms with Gasteiger partial charge in [0.15, 0.2) is 11.5 Å². The molecule has 0 unspecified atom stereocenters. The van der Waals surface area contributed by atoms with Crippen LogP contribution < -0.4 is 0 Å². The molecule has 3 aromatic rings. The monoisotopic (exact) mass is 381 g/mol. The highest BCUT2D eigenvalue weighted by atomic mass is 16.5. The van der Waals surface area contributed by atoms with Gasteiger partial charge in [0.05, 0.1) is 18.7 Å². The summed E-state index contributed by atoms with van der Waals surface area (Å²) in [6.07, 6.45) is 1.48. The van der Waals surface area contributed by atoms with Crippen LogP contribution in [0, 0.1) is 0 Å². The van der Waals surface area contributed by atoms with Crippen LogP contribution in [0.1, 0.15) is 45.2 Å². The Bertz CT molecular complexity index is 1040. The average molecular weight is 381 g/mol. The number of hydrogen-bond acceptors (Lipinski definition) is 7. The lowest BCUT2D eigenvalue weighted by atomic mass is 10.1.